The van der Waals surface area contributed by atoms with Crippen molar-refractivity contribution in [3.05, 3.63) is 18.2 Å². The molecule has 0 aliphatic carbocycles. The van der Waals surface area contributed by atoms with Gasteiger partial charge in [-0.3, -0.25) is 19.2 Å². The molecule has 184 valence electrons. The van der Waals surface area contributed by atoms with Crippen LogP contribution in [0.5, 0.6) is 0 Å². The fourth-order valence-electron chi connectivity index (χ4n) is 3.38. The molecular weight excluding hydrogens is 469 g/mol. The molecule has 1 amide bonds. The fourth-order valence-corrected chi connectivity index (χ4v) is 3.38. The standard InChI is InChI=1S/C19H19F3N4O8/c1-8(27)32-13-7-31-17(16(34-10(3)29)15(13)33-9(2)28)26-12-6-4-5-11(14(12)24-25-26)23-18(30)19(20,21)22/h4-6,13,15-17H,7H2,1-3H3,(H,23,30)/t13-,15+,16-,17+/m1/s1. The summed E-state index contributed by atoms with van der Waals surface area (Å²) in [5, 5.41) is 9.40. The first-order valence-corrected chi connectivity index (χ1v) is 9.73. The summed E-state index contributed by atoms with van der Waals surface area (Å²) in [5.74, 6) is -4.47. The molecule has 15 heteroatoms. The zero-order chi connectivity index (χ0) is 25.2. The number of aromatic nitrogens is 3. The molecule has 0 spiro atoms. The van der Waals surface area contributed by atoms with Gasteiger partial charge in [0.1, 0.15) is 5.52 Å². The predicted octanol–water partition coefficient (Wildman–Crippen LogP) is 1.26. The molecule has 0 bridgehead atoms. The number of alkyl halides is 3. The Kier molecular flexibility index (Phi) is 7.04. The van der Waals surface area contributed by atoms with E-state index < -0.39 is 54.5 Å². The van der Waals surface area contributed by atoms with Gasteiger partial charge in [-0.2, -0.15) is 13.2 Å². The van der Waals surface area contributed by atoms with Gasteiger partial charge in [0.05, 0.1) is 17.8 Å². The van der Waals surface area contributed by atoms with E-state index in [0.29, 0.717) is 0 Å². The Bertz CT molecular complexity index is 1120. The van der Waals surface area contributed by atoms with E-state index in [2.05, 4.69) is 10.3 Å². The lowest BCUT2D eigenvalue weighted by Gasteiger charge is -2.40. The van der Waals surface area contributed by atoms with E-state index in [-0.39, 0.29) is 23.3 Å². The van der Waals surface area contributed by atoms with Gasteiger partial charge in [-0.15, -0.1) is 5.10 Å². The highest BCUT2D eigenvalue weighted by Crippen LogP contribution is 2.33. The Morgan fingerprint density at radius 3 is 2.24 bits per heavy atom. The van der Waals surface area contributed by atoms with Crippen LogP contribution in [-0.4, -0.2) is 69.9 Å². The zero-order valence-corrected chi connectivity index (χ0v) is 18.0. The minimum atomic E-state index is -5.13. The molecule has 0 saturated carbocycles. The minimum absolute atomic E-state index is 0.106. The summed E-state index contributed by atoms with van der Waals surface area (Å²) in [6.45, 7) is 3.01. The van der Waals surface area contributed by atoms with Gasteiger partial charge in [-0.25, -0.2) is 4.68 Å². The zero-order valence-electron chi connectivity index (χ0n) is 18.0. The van der Waals surface area contributed by atoms with Crippen LogP contribution >= 0.6 is 0 Å². The van der Waals surface area contributed by atoms with Gasteiger partial charge < -0.3 is 24.3 Å². The third-order valence-electron chi connectivity index (χ3n) is 4.57. The average Bonchev–Trinajstić information content (AvgIpc) is 3.13. The van der Waals surface area contributed by atoms with E-state index in [1.165, 1.54) is 18.2 Å². The maximum atomic E-state index is 12.7. The number of hydrogen-bond acceptors (Lipinski definition) is 10. The number of nitrogens with zero attached hydrogens (tertiary/aromatic N) is 3. The number of hydrogen-bond donors (Lipinski definition) is 1. The Morgan fingerprint density at radius 1 is 1.03 bits per heavy atom. The van der Waals surface area contributed by atoms with E-state index in [1.807, 2.05) is 0 Å². The smallest absolute Gasteiger partial charge is 0.456 e. The first-order valence-electron chi connectivity index (χ1n) is 9.73. The van der Waals surface area contributed by atoms with Crippen LogP contribution in [0.3, 0.4) is 0 Å². The molecule has 1 aromatic carbocycles. The molecule has 1 fully saturated rings. The van der Waals surface area contributed by atoms with Gasteiger partial charge in [0.25, 0.3) is 0 Å². The number of ether oxygens (including phenoxy) is 4. The number of halogens is 3. The van der Waals surface area contributed by atoms with Gasteiger partial charge >= 0.3 is 30.0 Å². The Hall–Kier alpha value is -3.75. The maximum Gasteiger partial charge on any atom is 0.471 e. The summed E-state index contributed by atoms with van der Waals surface area (Å²) >= 11 is 0. The van der Waals surface area contributed by atoms with Gasteiger partial charge in [0, 0.05) is 20.8 Å². The minimum Gasteiger partial charge on any atom is -0.456 e. The Morgan fingerprint density at radius 2 is 1.65 bits per heavy atom. The van der Waals surface area contributed by atoms with Crippen molar-refractivity contribution >= 4 is 40.5 Å². The van der Waals surface area contributed by atoms with Crippen LogP contribution in [0.25, 0.3) is 11.0 Å². The Balaban J connectivity index is 2.02. The van der Waals surface area contributed by atoms with Crippen molar-refractivity contribution in [2.45, 2.75) is 51.5 Å². The van der Waals surface area contributed by atoms with E-state index in [4.69, 9.17) is 18.9 Å². The second kappa shape index (κ2) is 9.62. The number of anilines is 1. The molecule has 2 aromatic rings. The molecule has 1 N–H and O–H groups in total. The van der Waals surface area contributed by atoms with Crippen LogP contribution in [0, 0.1) is 0 Å². The normalized spacial score (nSPS) is 22.6. The third-order valence-corrected chi connectivity index (χ3v) is 4.57. The second-order valence-electron chi connectivity index (χ2n) is 7.18. The van der Waals surface area contributed by atoms with Crippen molar-refractivity contribution in [3.8, 4) is 0 Å². The molecule has 3 rings (SSSR count). The van der Waals surface area contributed by atoms with Crippen LogP contribution in [0.2, 0.25) is 0 Å². The Labute approximate surface area is 189 Å². The summed E-state index contributed by atoms with van der Waals surface area (Å²) in [4.78, 5) is 46.3. The largest absolute Gasteiger partial charge is 0.471 e. The van der Waals surface area contributed by atoms with E-state index >= 15 is 0 Å². The summed E-state index contributed by atoms with van der Waals surface area (Å²) < 4.78 is 60.5. The molecule has 34 heavy (non-hydrogen) atoms. The first-order chi connectivity index (χ1) is 15.9. The molecule has 12 nitrogen and oxygen atoms in total. The van der Waals surface area contributed by atoms with Gasteiger partial charge in [0.2, 0.25) is 0 Å². The number of esters is 3. The number of fused-ring (bicyclic) bond motifs is 1. The molecule has 0 radical (unpaired) electrons. The lowest BCUT2D eigenvalue weighted by molar-refractivity contribution is -0.241. The van der Waals surface area contributed by atoms with Crippen molar-refractivity contribution < 1.29 is 51.3 Å². The van der Waals surface area contributed by atoms with Crippen LogP contribution < -0.4 is 5.32 Å². The quantitative estimate of drug-likeness (QED) is 0.482. The number of benzene rings is 1. The third kappa shape index (κ3) is 5.41. The van der Waals surface area contributed by atoms with E-state index in [9.17, 15) is 32.3 Å². The first kappa shape index (κ1) is 24.9. The molecular formula is C19H19F3N4O8. The summed E-state index contributed by atoms with van der Waals surface area (Å²) in [5.41, 5.74) is -0.286. The number of carbonyl (C=O) groups excluding carboxylic acids is 4. The topological polar surface area (TPSA) is 148 Å². The van der Waals surface area contributed by atoms with Crippen LogP contribution in [0.1, 0.15) is 27.0 Å². The average molecular weight is 488 g/mol. The highest BCUT2D eigenvalue weighted by atomic mass is 19.4. The number of amides is 1. The molecule has 1 saturated heterocycles. The van der Waals surface area contributed by atoms with Crippen molar-refractivity contribution in [1.29, 1.82) is 0 Å². The lowest BCUT2D eigenvalue weighted by atomic mass is 10.0. The lowest BCUT2D eigenvalue weighted by Crippen LogP contribution is -2.55. The van der Waals surface area contributed by atoms with Gasteiger partial charge in [-0.1, -0.05) is 11.3 Å². The monoisotopic (exact) mass is 488 g/mol. The molecule has 0 unspecified atom stereocenters. The molecule has 4 atom stereocenters. The maximum absolute atomic E-state index is 12.7. The SMILES string of the molecule is CC(=O)O[C@@H]1[C@@H](OC(C)=O)[C@@H](n2nnc3c(NC(=O)C(F)(F)F)cccc32)OC[C@H]1OC(C)=O. The highest BCUT2D eigenvalue weighted by Gasteiger charge is 2.48. The van der Waals surface area contributed by atoms with Gasteiger partial charge in [0.15, 0.2) is 24.5 Å². The summed E-state index contributed by atoms with van der Waals surface area (Å²) in [7, 11) is 0. The fraction of sp³-hybridized carbons (Fsp3) is 0.474. The van der Waals surface area contributed by atoms with Crippen LogP contribution in [-0.2, 0) is 38.1 Å². The number of nitrogens with one attached hydrogen (secondary N) is 1. The highest BCUT2D eigenvalue weighted by molar-refractivity contribution is 6.01. The molecule has 1 aliphatic heterocycles. The van der Waals surface area contributed by atoms with Crippen molar-refractivity contribution in [3.63, 3.8) is 0 Å². The van der Waals surface area contributed by atoms with Crippen LogP contribution in [0.15, 0.2) is 18.2 Å². The van der Waals surface area contributed by atoms with Crippen molar-refractivity contribution in [1.82, 2.24) is 15.0 Å². The summed E-state index contributed by atoms with van der Waals surface area (Å²) in [6.07, 6.45) is -10.2. The van der Waals surface area contributed by atoms with Crippen LogP contribution in [0.4, 0.5) is 18.9 Å². The van der Waals surface area contributed by atoms with Crippen molar-refractivity contribution in [2.75, 3.05) is 11.9 Å². The predicted molar refractivity (Wildman–Crippen MR) is 104 cm³/mol. The van der Waals surface area contributed by atoms with E-state index in [1.54, 1.807) is 5.32 Å². The molecule has 2 heterocycles. The van der Waals surface area contributed by atoms with Crippen molar-refractivity contribution in [2.24, 2.45) is 0 Å². The van der Waals surface area contributed by atoms with E-state index in [0.717, 1.165) is 25.5 Å². The number of carbonyl (C=O) groups is 4. The number of rotatable bonds is 5. The second-order valence-corrected chi connectivity index (χ2v) is 7.18. The summed E-state index contributed by atoms with van der Waals surface area (Å²) in [6, 6.07) is 3.95. The molecule has 1 aromatic heterocycles. The van der Waals surface area contributed by atoms with Gasteiger partial charge in [-0.05, 0) is 12.1 Å². The molecule has 1 aliphatic rings.